The first-order valence-electron chi connectivity index (χ1n) is 6.61. The van der Waals surface area contributed by atoms with Crippen molar-refractivity contribution in [2.24, 2.45) is 16.3 Å². The number of nitrogens with two attached hydrogens (primary N) is 1. The number of hydrogen-bond donors (Lipinski definition) is 2. The first kappa shape index (κ1) is 16.1. The smallest absolute Gasteiger partial charge is 0.172 e. The summed E-state index contributed by atoms with van der Waals surface area (Å²) in [5.74, 6) is 0.832. The Kier molecular flexibility index (Phi) is 4.87. The monoisotopic (exact) mass is 279 g/mol. The standard InChI is InChI=1S/C15H25N3O2/c1-10(15(2,3)4)18(5)13-9-11(20-6)7-8-12(13)14(16)17-19/h7-10,19H,1-6H3,(H2,16,17). The Balaban J connectivity index is 3.33. The van der Waals surface area contributed by atoms with Gasteiger partial charge in [0.1, 0.15) is 5.75 Å². The molecule has 0 aliphatic heterocycles. The topological polar surface area (TPSA) is 71.1 Å². The van der Waals surface area contributed by atoms with Crippen molar-refractivity contribution >= 4 is 11.5 Å². The van der Waals surface area contributed by atoms with Gasteiger partial charge in [-0.05, 0) is 24.5 Å². The predicted octanol–water partition coefficient (Wildman–Crippen LogP) is 2.66. The summed E-state index contributed by atoms with van der Waals surface area (Å²) in [6, 6.07) is 5.76. The van der Waals surface area contributed by atoms with E-state index >= 15 is 0 Å². The zero-order chi connectivity index (χ0) is 15.5. The van der Waals surface area contributed by atoms with Crippen LogP contribution in [0.4, 0.5) is 5.69 Å². The molecule has 0 saturated heterocycles. The Labute approximate surface area is 121 Å². The van der Waals surface area contributed by atoms with Gasteiger partial charge < -0.3 is 20.6 Å². The zero-order valence-electron chi connectivity index (χ0n) is 13.1. The molecule has 5 nitrogen and oxygen atoms in total. The van der Waals surface area contributed by atoms with Crippen LogP contribution in [0.3, 0.4) is 0 Å². The van der Waals surface area contributed by atoms with Crippen molar-refractivity contribution in [3.8, 4) is 5.75 Å². The quantitative estimate of drug-likeness (QED) is 0.385. The molecule has 20 heavy (non-hydrogen) atoms. The molecule has 3 N–H and O–H groups in total. The maximum Gasteiger partial charge on any atom is 0.172 e. The second-order valence-electron chi connectivity index (χ2n) is 6.02. The molecule has 1 rings (SSSR count). The lowest BCUT2D eigenvalue weighted by Gasteiger charge is -2.37. The van der Waals surface area contributed by atoms with E-state index in [-0.39, 0.29) is 17.3 Å². The van der Waals surface area contributed by atoms with E-state index in [2.05, 4.69) is 37.8 Å². The minimum atomic E-state index is 0.0932. The summed E-state index contributed by atoms with van der Waals surface area (Å²) in [6.07, 6.45) is 0. The summed E-state index contributed by atoms with van der Waals surface area (Å²) in [7, 11) is 3.62. The van der Waals surface area contributed by atoms with E-state index in [0.29, 0.717) is 5.56 Å². The number of hydrogen-bond acceptors (Lipinski definition) is 4. The zero-order valence-corrected chi connectivity index (χ0v) is 13.1. The number of benzene rings is 1. The second kappa shape index (κ2) is 6.03. The van der Waals surface area contributed by atoms with Gasteiger partial charge in [-0.3, -0.25) is 0 Å². The van der Waals surface area contributed by atoms with E-state index < -0.39 is 0 Å². The number of nitrogens with zero attached hydrogens (tertiary/aromatic N) is 2. The van der Waals surface area contributed by atoms with Crippen molar-refractivity contribution in [3.63, 3.8) is 0 Å². The summed E-state index contributed by atoms with van der Waals surface area (Å²) < 4.78 is 5.27. The largest absolute Gasteiger partial charge is 0.497 e. The number of amidine groups is 1. The van der Waals surface area contributed by atoms with Crippen molar-refractivity contribution < 1.29 is 9.94 Å². The van der Waals surface area contributed by atoms with E-state index in [1.807, 2.05) is 13.1 Å². The molecular formula is C15H25N3O2. The number of rotatable bonds is 4. The molecule has 112 valence electrons. The number of anilines is 1. The molecule has 0 bridgehead atoms. The molecule has 0 radical (unpaired) electrons. The fraction of sp³-hybridized carbons (Fsp3) is 0.533. The lowest BCUT2D eigenvalue weighted by molar-refractivity contribution is 0.318. The van der Waals surface area contributed by atoms with E-state index in [9.17, 15) is 0 Å². The van der Waals surface area contributed by atoms with Gasteiger partial charge in [-0.25, -0.2) is 0 Å². The highest BCUT2D eigenvalue weighted by Crippen LogP contribution is 2.31. The average molecular weight is 279 g/mol. The van der Waals surface area contributed by atoms with Crippen molar-refractivity contribution in [1.82, 2.24) is 0 Å². The van der Waals surface area contributed by atoms with Crippen molar-refractivity contribution in [3.05, 3.63) is 23.8 Å². The highest BCUT2D eigenvalue weighted by molar-refractivity contribution is 6.02. The Morgan fingerprint density at radius 3 is 2.45 bits per heavy atom. The normalized spacial score (nSPS) is 14.0. The molecule has 1 atom stereocenters. The first-order chi connectivity index (χ1) is 9.22. The SMILES string of the molecule is COc1ccc(/C(N)=N/O)c(N(C)C(C)C(C)(C)C)c1. The van der Waals surface area contributed by atoms with Crippen LogP contribution in [0, 0.1) is 5.41 Å². The highest BCUT2D eigenvalue weighted by atomic mass is 16.5. The van der Waals surface area contributed by atoms with Gasteiger partial charge in [-0.2, -0.15) is 0 Å². The molecule has 5 heteroatoms. The highest BCUT2D eigenvalue weighted by Gasteiger charge is 2.26. The van der Waals surface area contributed by atoms with Crippen LogP contribution in [0.5, 0.6) is 5.75 Å². The van der Waals surface area contributed by atoms with Crippen LogP contribution in [0.25, 0.3) is 0 Å². The fourth-order valence-corrected chi connectivity index (χ4v) is 1.99. The van der Waals surface area contributed by atoms with E-state index in [4.69, 9.17) is 15.7 Å². The minimum absolute atomic E-state index is 0.0932. The average Bonchev–Trinajstić information content (AvgIpc) is 2.43. The van der Waals surface area contributed by atoms with Crippen LogP contribution in [0.1, 0.15) is 33.3 Å². The Morgan fingerprint density at radius 2 is 2.00 bits per heavy atom. The molecule has 0 amide bonds. The maximum atomic E-state index is 8.93. The third-order valence-corrected chi connectivity index (χ3v) is 3.80. The molecule has 0 aliphatic carbocycles. The molecule has 1 unspecified atom stereocenters. The predicted molar refractivity (Wildman–Crippen MR) is 82.8 cm³/mol. The van der Waals surface area contributed by atoms with Crippen LogP contribution in [-0.2, 0) is 0 Å². The van der Waals surface area contributed by atoms with Gasteiger partial charge in [0.2, 0.25) is 0 Å². The first-order valence-corrected chi connectivity index (χ1v) is 6.61. The molecule has 0 fully saturated rings. The molecule has 1 aromatic rings. The van der Waals surface area contributed by atoms with Crippen LogP contribution in [0.15, 0.2) is 23.4 Å². The van der Waals surface area contributed by atoms with Gasteiger partial charge in [0.05, 0.1) is 12.8 Å². The van der Waals surface area contributed by atoms with Crippen LogP contribution < -0.4 is 15.4 Å². The van der Waals surface area contributed by atoms with Gasteiger partial charge in [0.15, 0.2) is 5.84 Å². The van der Waals surface area contributed by atoms with Gasteiger partial charge in [0.25, 0.3) is 0 Å². The van der Waals surface area contributed by atoms with Gasteiger partial charge in [-0.15, -0.1) is 0 Å². The van der Waals surface area contributed by atoms with Gasteiger partial charge in [-0.1, -0.05) is 25.9 Å². The van der Waals surface area contributed by atoms with Gasteiger partial charge >= 0.3 is 0 Å². The minimum Gasteiger partial charge on any atom is -0.497 e. The van der Waals surface area contributed by atoms with E-state index in [1.54, 1.807) is 19.2 Å². The summed E-state index contributed by atoms with van der Waals surface area (Å²) >= 11 is 0. The molecular weight excluding hydrogens is 254 g/mol. The lowest BCUT2D eigenvalue weighted by atomic mass is 9.86. The molecule has 0 heterocycles. The molecule has 0 spiro atoms. The second-order valence-corrected chi connectivity index (χ2v) is 6.02. The van der Waals surface area contributed by atoms with Crippen molar-refractivity contribution in [2.45, 2.75) is 33.7 Å². The van der Waals surface area contributed by atoms with E-state index in [1.165, 1.54) is 0 Å². The van der Waals surface area contributed by atoms with Crippen molar-refractivity contribution in [1.29, 1.82) is 0 Å². The van der Waals surface area contributed by atoms with E-state index in [0.717, 1.165) is 11.4 Å². The number of oxime groups is 1. The summed E-state index contributed by atoms with van der Waals surface area (Å²) in [6.45, 7) is 8.68. The summed E-state index contributed by atoms with van der Waals surface area (Å²) in [4.78, 5) is 2.12. The van der Waals surface area contributed by atoms with Crippen LogP contribution in [-0.4, -0.2) is 31.2 Å². The lowest BCUT2D eigenvalue weighted by Crippen LogP contribution is -2.40. The maximum absolute atomic E-state index is 8.93. The Morgan fingerprint density at radius 1 is 1.40 bits per heavy atom. The van der Waals surface area contributed by atoms with Crippen LogP contribution >= 0.6 is 0 Å². The Bertz CT molecular complexity index is 492. The third kappa shape index (κ3) is 3.35. The third-order valence-electron chi connectivity index (χ3n) is 3.80. The van der Waals surface area contributed by atoms with Crippen molar-refractivity contribution in [2.75, 3.05) is 19.1 Å². The summed E-state index contributed by atoms with van der Waals surface area (Å²) in [5.41, 5.74) is 7.43. The molecule has 0 aliphatic rings. The van der Waals surface area contributed by atoms with Crippen LogP contribution in [0.2, 0.25) is 0 Å². The Hall–Kier alpha value is -1.91. The fourth-order valence-electron chi connectivity index (χ4n) is 1.99. The number of methoxy groups -OCH3 is 1. The summed E-state index contributed by atoms with van der Waals surface area (Å²) in [5, 5.41) is 12.0. The number of ether oxygens (including phenoxy) is 1. The van der Waals surface area contributed by atoms with Gasteiger partial charge in [0, 0.05) is 24.7 Å². The molecule has 0 saturated carbocycles. The molecule has 0 aromatic heterocycles. The molecule has 1 aromatic carbocycles.